The molecule has 0 aliphatic heterocycles. The molecule has 0 bridgehead atoms. The molecule has 100 valence electrons. The number of carbonyl (C=O) groups is 1. The van der Waals surface area contributed by atoms with Crippen LogP contribution >= 0.6 is 11.5 Å². The van der Waals surface area contributed by atoms with Crippen molar-refractivity contribution in [2.24, 2.45) is 0 Å². The molecular formula is C15H18N2OS. The maximum absolute atomic E-state index is 12.3. The number of Topliss-reactive ketones (excluding diaryl/α,β-unsaturated/α-hetero) is 1. The van der Waals surface area contributed by atoms with Crippen molar-refractivity contribution in [2.75, 3.05) is 0 Å². The van der Waals surface area contributed by atoms with Gasteiger partial charge in [-0.1, -0.05) is 36.0 Å². The van der Waals surface area contributed by atoms with E-state index in [0.717, 1.165) is 29.0 Å². The predicted octanol–water partition coefficient (Wildman–Crippen LogP) is 3.53. The van der Waals surface area contributed by atoms with Crippen molar-refractivity contribution < 1.29 is 4.79 Å². The van der Waals surface area contributed by atoms with Gasteiger partial charge in [0.05, 0.1) is 5.69 Å². The molecule has 19 heavy (non-hydrogen) atoms. The highest BCUT2D eigenvalue weighted by Gasteiger charge is 2.16. The second-order valence-corrected chi connectivity index (χ2v) is 5.57. The Morgan fingerprint density at radius 1 is 1.26 bits per heavy atom. The van der Waals surface area contributed by atoms with Crippen LogP contribution in [0.5, 0.6) is 0 Å². The topological polar surface area (TPSA) is 42.9 Å². The van der Waals surface area contributed by atoms with Crippen molar-refractivity contribution >= 4 is 17.3 Å². The van der Waals surface area contributed by atoms with Gasteiger partial charge in [-0.3, -0.25) is 4.79 Å². The van der Waals surface area contributed by atoms with E-state index in [1.165, 1.54) is 22.7 Å². The Bertz CT molecular complexity index is 590. The molecule has 1 aromatic carbocycles. The molecule has 2 aromatic rings. The molecule has 2 rings (SSSR count). The van der Waals surface area contributed by atoms with Gasteiger partial charge < -0.3 is 0 Å². The molecule has 0 unspecified atom stereocenters. The first-order valence-electron chi connectivity index (χ1n) is 6.52. The number of hydrogen-bond donors (Lipinski definition) is 0. The summed E-state index contributed by atoms with van der Waals surface area (Å²) in [5, 5.41) is 4.05. The Labute approximate surface area is 117 Å². The molecule has 0 fully saturated rings. The quantitative estimate of drug-likeness (QED) is 0.783. The molecule has 1 aromatic heterocycles. The van der Waals surface area contributed by atoms with Crippen LogP contribution in [0.15, 0.2) is 18.2 Å². The van der Waals surface area contributed by atoms with Crippen LogP contribution in [0.25, 0.3) is 0 Å². The van der Waals surface area contributed by atoms with Crippen LogP contribution in [0.4, 0.5) is 0 Å². The first kappa shape index (κ1) is 13.9. The lowest BCUT2D eigenvalue weighted by atomic mass is 10.0. The molecule has 0 amide bonds. The monoisotopic (exact) mass is 274 g/mol. The molecule has 0 atom stereocenters. The summed E-state index contributed by atoms with van der Waals surface area (Å²) in [6.45, 7) is 6.23. The minimum absolute atomic E-state index is 0.127. The SMILES string of the molecule is CCCc1nnsc1C(=O)Cc1ccc(C)c(C)c1. The molecule has 0 aliphatic carbocycles. The smallest absolute Gasteiger partial charge is 0.180 e. The number of hydrogen-bond acceptors (Lipinski definition) is 4. The van der Waals surface area contributed by atoms with Gasteiger partial charge in [0.15, 0.2) is 5.78 Å². The Kier molecular flexibility index (Phi) is 4.43. The Morgan fingerprint density at radius 2 is 2.05 bits per heavy atom. The molecule has 0 spiro atoms. The summed E-state index contributed by atoms with van der Waals surface area (Å²) in [4.78, 5) is 13.0. The second kappa shape index (κ2) is 6.06. The van der Waals surface area contributed by atoms with Gasteiger partial charge in [-0.2, -0.15) is 0 Å². The molecule has 3 nitrogen and oxygen atoms in total. The summed E-state index contributed by atoms with van der Waals surface area (Å²) in [6, 6.07) is 6.17. The molecule has 0 saturated carbocycles. The lowest BCUT2D eigenvalue weighted by Gasteiger charge is -2.04. The van der Waals surface area contributed by atoms with Crippen LogP contribution in [-0.2, 0) is 12.8 Å². The number of nitrogens with zero attached hydrogens (tertiary/aromatic N) is 2. The first-order valence-corrected chi connectivity index (χ1v) is 7.29. The minimum Gasteiger partial charge on any atom is -0.293 e. The van der Waals surface area contributed by atoms with Gasteiger partial charge in [0.2, 0.25) is 0 Å². The second-order valence-electron chi connectivity index (χ2n) is 4.82. The molecule has 1 heterocycles. The highest BCUT2D eigenvalue weighted by molar-refractivity contribution is 7.08. The third kappa shape index (κ3) is 3.26. The van der Waals surface area contributed by atoms with Gasteiger partial charge >= 0.3 is 0 Å². The summed E-state index contributed by atoms with van der Waals surface area (Å²) < 4.78 is 3.91. The number of ketones is 1. The Hall–Kier alpha value is -1.55. The summed E-state index contributed by atoms with van der Waals surface area (Å²) in [5.41, 5.74) is 4.38. The summed E-state index contributed by atoms with van der Waals surface area (Å²) in [7, 11) is 0. The fourth-order valence-corrected chi connectivity index (χ4v) is 2.64. The van der Waals surface area contributed by atoms with Gasteiger partial charge in [-0.25, -0.2) is 0 Å². The Balaban J connectivity index is 2.16. The molecule has 0 N–H and O–H groups in total. The molecule has 4 heteroatoms. The third-order valence-corrected chi connectivity index (χ3v) is 4.04. The van der Waals surface area contributed by atoms with E-state index in [-0.39, 0.29) is 5.78 Å². The molecule has 0 radical (unpaired) electrons. The summed E-state index contributed by atoms with van der Waals surface area (Å²) in [5.74, 6) is 0.127. The van der Waals surface area contributed by atoms with Crippen molar-refractivity contribution in [1.29, 1.82) is 0 Å². The van der Waals surface area contributed by atoms with Crippen LogP contribution in [0.3, 0.4) is 0 Å². The van der Waals surface area contributed by atoms with Crippen molar-refractivity contribution in [3.63, 3.8) is 0 Å². The molecular weight excluding hydrogens is 256 g/mol. The van der Waals surface area contributed by atoms with E-state index >= 15 is 0 Å². The van der Waals surface area contributed by atoms with E-state index in [4.69, 9.17) is 0 Å². The van der Waals surface area contributed by atoms with Crippen LogP contribution in [0.2, 0.25) is 0 Å². The zero-order chi connectivity index (χ0) is 13.8. The maximum Gasteiger partial charge on any atom is 0.180 e. The average molecular weight is 274 g/mol. The molecule has 0 aliphatic rings. The highest BCUT2D eigenvalue weighted by Crippen LogP contribution is 2.17. The number of benzene rings is 1. The van der Waals surface area contributed by atoms with Crippen molar-refractivity contribution in [2.45, 2.75) is 40.0 Å². The standard InChI is InChI=1S/C15H18N2OS/c1-4-5-13-15(19-17-16-13)14(18)9-12-7-6-10(2)11(3)8-12/h6-8H,4-5,9H2,1-3H3. The van der Waals surface area contributed by atoms with Crippen LogP contribution in [0, 0.1) is 13.8 Å². The van der Waals surface area contributed by atoms with Crippen LogP contribution in [0.1, 0.15) is 45.4 Å². The number of rotatable bonds is 5. The Morgan fingerprint density at radius 3 is 2.74 bits per heavy atom. The van der Waals surface area contributed by atoms with Gasteiger partial charge in [-0.15, -0.1) is 5.10 Å². The van der Waals surface area contributed by atoms with Crippen molar-refractivity contribution in [3.8, 4) is 0 Å². The number of aryl methyl sites for hydroxylation is 3. The highest BCUT2D eigenvalue weighted by atomic mass is 32.1. The summed E-state index contributed by atoms with van der Waals surface area (Å²) >= 11 is 1.21. The van der Waals surface area contributed by atoms with Crippen LogP contribution in [-0.4, -0.2) is 15.4 Å². The van der Waals surface area contributed by atoms with E-state index < -0.39 is 0 Å². The fraction of sp³-hybridized carbons (Fsp3) is 0.400. The number of aromatic nitrogens is 2. The zero-order valence-electron chi connectivity index (χ0n) is 11.6. The predicted molar refractivity (Wildman–Crippen MR) is 77.9 cm³/mol. The van der Waals surface area contributed by atoms with E-state index in [9.17, 15) is 4.79 Å². The average Bonchev–Trinajstić information content (AvgIpc) is 2.83. The van der Waals surface area contributed by atoms with Gasteiger partial charge in [0.1, 0.15) is 4.88 Å². The lowest BCUT2D eigenvalue weighted by Crippen LogP contribution is -2.05. The van der Waals surface area contributed by atoms with E-state index in [0.29, 0.717) is 6.42 Å². The van der Waals surface area contributed by atoms with Gasteiger partial charge in [0.25, 0.3) is 0 Å². The number of carbonyl (C=O) groups excluding carboxylic acids is 1. The lowest BCUT2D eigenvalue weighted by molar-refractivity contribution is 0.0995. The van der Waals surface area contributed by atoms with E-state index in [2.05, 4.69) is 42.5 Å². The maximum atomic E-state index is 12.3. The van der Waals surface area contributed by atoms with Crippen molar-refractivity contribution in [1.82, 2.24) is 9.59 Å². The van der Waals surface area contributed by atoms with E-state index in [1.54, 1.807) is 0 Å². The van der Waals surface area contributed by atoms with Gasteiger partial charge in [-0.05, 0) is 48.5 Å². The third-order valence-electron chi connectivity index (χ3n) is 3.23. The minimum atomic E-state index is 0.127. The summed E-state index contributed by atoms with van der Waals surface area (Å²) in [6.07, 6.45) is 2.24. The van der Waals surface area contributed by atoms with Crippen LogP contribution < -0.4 is 0 Å². The normalized spacial score (nSPS) is 10.7. The fourth-order valence-electron chi connectivity index (χ4n) is 2.00. The zero-order valence-corrected chi connectivity index (χ0v) is 12.4. The van der Waals surface area contributed by atoms with Gasteiger partial charge in [0, 0.05) is 6.42 Å². The molecule has 0 saturated heterocycles. The van der Waals surface area contributed by atoms with Crippen molar-refractivity contribution in [3.05, 3.63) is 45.5 Å². The largest absolute Gasteiger partial charge is 0.293 e. The van der Waals surface area contributed by atoms with E-state index in [1.807, 2.05) is 6.07 Å². The first-order chi connectivity index (χ1) is 9.11.